The molecule has 144 valence electrons. The van der Waals surface area contributed by atoms with Crippen LogP contribution in [0, 0.1) is 0 Å². The third-order valence-electron chi connectivity index (χ3n) is 4.20. The van der Waals surface area contributed by atoms with Crippen molar-refractivity contribution in [1.82, 2.24) is 14.8 Å². The van der Waals surface area contributed by atoms with Gasteiger partial charge in [0.15, 0.2) is 0 Å². The van der Waals surface area contributed by atoms with Gasteiger partial charge in [-0.2, -0.15) is 4.98 Å². The molecule has 0 radical (unpaired) electrons. The lowest BCUT2D eigenvalue weighted by atomic mass is 9.96. The molecule has 0 fully saturated rings. The van der Waals surface area contributed by atoms with E-state index in [0.717, 1.165) is 29.2 Å². The number of allylic oxidation sites excluding steroid dienone is 1. The minimum Gasteiger partial charge on any atom is -0.497 e. The summed E-state index contributed by atoms with van der Waals surface area (Å²) in [6.45, 7) is 6.27. The average molecular weight is 388 g/mol. The van der Waals surface area contributed by atoms with Crippen molar-refractivity contribution in [3.63, 3.8) is 0 Å². The first kappa shape index (κ1) is 19.3. The molecule has 0 bridgehead atoms. The van der Waals surface area contributed by atoms with Gasteiger partial charge in [0.05, 0.1) is 19.3 Å². The summed E-state index contributed by atoms with van der Waals surface area (Å²) < 4.78 is 12.5. The van der Waals surface area contributed by atoms with Crippen LogP contribution in [0.15, 0.2) is 40.7 Å². The number of esters is 1. The highest BCUT2D eigenvalue weighted by Gasteiger charge is 2.35. The summed E-state index contributed by atoms with van der Waals surface area (Å²) in [5.74, 6) is 1.91. The van der Waals surface area contributed by atoms with E-state index in [2.05, 4.69) is 22.3 Å². The summed E-state index contributed by atoms with van der Waals surface area (Å²) in [5, 5.41) is 8.50. The molecular formula is C19H24N4O3S. The Kier molecular flexibility index (Phi) is 6.05. The molecule has 2 aromatic rings. The molecule has 0 saturated carbocycles. The first-order chi connectivity index (χ1) is 13.1. The zero-order chi connectivity index (χ0) is 19.4. The molecule has 0 saturated heterocycles. The van der Waals surface area contributed by atoms with Crippen LogP contribution in [0.25, 0.3) is 0 Å². The number of thioether (sulfide) groups is 1. The van der Waals surface area contributed by atoms with E-state index >= 15 is 0 Å². The summed E-state index contributed by atoms with van der Waals surface area (Å²) in [6, 6.07) is 7.22. The second-order valence-electron chi connectivity index (χ2n) is 6.07. The maximum atomic E-state index is 12.8. The second-order valence-corrected chi connectivity index (χ2v) is 7.30. The smallest absolute Gasteiger partial charge is 0.338 e. The van der Waals surface area contributed by atoms with Crippen LogP contribution in [-0.2, 0) is 9.53 Å². The third kappa shape index (κ3) is 3.95. The molecular weight excluding hydrogens is 364 g/mol. The van der Waals surface area contributed by atoms with Crippen molar-refractivity contribution in [1.29, 1.82) is 0 Å². The van der Waals surface area contributed by atoms with E-state index in [-0.39, 0.29) is 5.97 Å². The monoisotopic (exact) mass is 388 g/mol. The number of carbonyl (C=O) groups excluding carboxylic acids is 1. The van der Waals surface area contributed by atoms with Gasteiger partial charge in [0, 0.05) is 5.70 Å². The molecule has 2 heterocycles. The molecule has 1 atom stereocenters. The largest absolute Gasteiger partial charge is 0.497 e. The molecule has 0 aliphatic carbocycles. The predicted octanol–water partition coefficient (Wildman–Crippen LogP) is 3.64. The molecule has 7 nitrogen and oxygen atoms in total. The van der Waals surface area contributed by atoms with Crippen LogP contribution in [0.2, 0.25) is 0 Å². The lowest BCUT2D eigenvalue weighted by Crippen LogP contribution is -2.29. The van der Waals surface area contributed by atoms with Gasteiger partial charge in [0.2, 0.25) is 11.1 Å². The molecule has 0 spiro atoms. The van der Waals surface area contributed by atoms with E-state index in [0.29, 0.717) is 23.3 Å². The van der Waals surface area contributed by atoms with Crippen molar-refractivity contribution in [3.8, 4) is 5.75 Å². The van der Waals surface area contributed by atoms with Crippen molar-refractivity contribution in [3.05, 3.63) is 41.1 Å². The zero-order valence-electron chi connectivity index (χ0n) is 16.0. The van der Waals surface area contributed by atoms with E-state index in [4.69, 9.17) is 9.47 Å². The van der Waals surface area contributed by atoms with Gasteiger partial charge >= 0.3 is 5.97 Å². The fourth-order valence-corrected chi connectivity index (χ4v) is 3.51. The highest BCUT2D eigenvalue weighted by molar-refractivity contribution is 7.99. The Balaban J connectivity index is 2.07. The van der Waals surface area contributed by atoms with E-state index in [1.54, 1.807) is 23.6 Å². The van der Waals surface area contributed by atoms with Gasteiger partial charge in [-0.15, -0.1) is 5.10 Å². The van der Waals surface area contributed by atoms with Crippen LogP contribution >= 0.6 is 11.8 Å². The fourth-order valence-electron chi connectivity index (χ4n) is 2.95. The molecule has 3 rings (SSSR count). The molecule has 0 amide bonds. The van der Waals surface area contributed by atoms with Gasteiger partial charge in [0.25, 0.3) is 0 Å². The number of carbonyl (C=O) groups is 1. The number of fused-ring (bicyclic) bond motifs is 1. The highest BCUT2D eigenvalue weighted by atomic mass is 32.2. The van der Waals surface area contributed by atoms with Crippen molar-refractivity contribution < 1.29 is 14.3 Å². The maximum Gasteiger partial charge on any atom is 0.338 e. The summed E-state index contributed by atoms with van der Waals surface area (Å²) in [6.07, 6.45) is 0.768. The molecule has 8 heteroatoms. The Morgan fingerprint density at radius 2 is 2.04 bits per heavy atom. The number of hydrogen-bond donors (Lipinski definition) is 1. The molecule has 1 aliphatic heterocycles. The van der Waals surface area contributed by atoms with Gasteiger partial charge in [0.1, 0.15) is 11.8 Å². The van der Waals surface area contributed by atoms with Gasteiger partial charge in [-0.25, -0.2) is 9.48 Å². The van der Waals surface area contributed by atoms with Gasteiger partial charge in [-0.1, -0.05) is 37.7 Å². The normalized spacial score (nSPS) is 15.9. The quantitative estimate of drug-likeness (QED) is 0.573. The molecule has 1 N–H and O–H groups in total. The fraction of sp³-hybridized carbons (Fsp3) is 0.421. The predicted molar refractivity (Wildman–Crippen MR) is 105 cm³/mol. The first-order valence-electron chi connectivity index (χ1n) is 8.97. The lowest BCUT2D eigenvalue weighted by Gasteiger charge is -2.28. The standard InChI is InChI=1S/C19H24N4O3S/c1-5-11-26-17(24)15-12(3)20-18-21-19(27-6-2)22-23(18)16(15)13-7-9-14(25-4)10-8-13/h7-10,16H,5-6,11H2,1-4H3,(H,20,21,22). The van der Waals surface area contributed by atoms with Gasteiger partial charge in [-0.05, 0) is 36.8 Å². The number of nitrogens with one attached hydrogen (secondary N) is 1. The van der Waals surface area contributed by atoms with Crippen LogP contribution in [0.3, 0.4) is 0 Å². The van der Waals surface area contributed by atoms with Crippen molar-refractivity contribution >= 4 is 23.7 Å². The average Bonchev–Trinajstić information content (AvgIpc) is 3.07. The van der Waals surface area contributed by atoms with Crippen LogP contribution in [0.5, 0.6) is 5.75 Å². The van der Waals surface area contributed by atoms with Gasteiger partial charge < -0.3 is 14.8 Å². The number of nitrogens with zero attached hydrogens (tertiary/aromatic N) is 3. The van der Waals surface area contributed by atoms with Crippen molar-refractivity contribution in [2.45, 2.75) is 38.4 Å². The van der Waals surface area contributed by atoms with Crippen molar-refractivity contribution in [2.24, 2.45) is 0 Å². The van der Waals surface area contributed by atoms with Crippen LogP contribution < -0.4 is 10.1 Å². The number of aromatic nitrogens is 3. The minimum absolute atomic E-state index is 0.339. The van der Waals surface area contributed by atoms with Crippen LogP contribution in [0.4, 0.5) is 5.95 Å². The zero-order valence-corrected chi connectivity index (χ0v) is 16.8. The Morgan fingerprint density at radius 1 is 1.30 bits per heavy atom. The number of ether oxygens (including phenoxy) is 2. The highest BCUT2D eigenvalue weighted by Crippen LogP contribution is 2.37. The maximum absolute atomic E-state index is 12.8. The van der Waals surface area contributed by atoms with Crippen LogP contribution in [0.1, 0.15) is 38.8 Å². The van der Waals surface area contributed by atoms with E-state index in [9.17, 15) is 4.79 Å². The SMILES string of the molecule is CCCOC(=O)C1=C(C)Nc2nc(SCC)nn2C1c1ccc(OC)cc1. The number of rotatable bonds is 7. The van der Waals surface area contributed by atoms with E-state index in [1.807, 2.05) is 38.1 Å². The summed E-state index contributed by atoms with van der Waals surface area (Å²) in [5.41, 5.74) is 2.18. The molecule has 1 aromatic heterocycles. The molecule has 1 aliphatic rings. The van der Waals surface area contributed by atoms with Crippen molar-refractivity contribution in [2.75, 3.05) is 24.8 Å². The first-order valence-corrected chi connectivity index (χ1v) is 9.95. The Bertz CT molecular complexity index is 845. The molecule has 27 heavy (non-hydrogen) atoms. The molecule has 1 unspecified atom stereocenters. The number of benzene rings is 1. The third-order valence-corrected chi connectivity index (χ3v) is 4.92. The number of anilines is 1. The topological polar surface area (TPSA) is 78.3 Å². The van der Waals surface area contributed by atoms with E-state index < -0.39 is 6.04 Å². The lowest BCUT2D eigenvalue weighted by molar-refractivity contribution is -0.139. The van der Waals surface area contributed by atoms with Gasteiger partial charge in [-0.3, -0.25) is 0 Å². The Hall–Kier alpha value is -2.48. The Labute approximate surface area is 163 Å². The summed E-state index contributed by atoms with van der Waals surface area (Å²) in [4.78, 5) is 17.4. The number of hydrogen-bond acceptors (Lipinski definition) is 7. The Morgan fingerprint density at radius 3 is 2.67 bits per heavy atom. The second kappa shape index (κ2) is 8.47. The molecule has 1 aromatic carbocycles. The van der Waals surface area contributed by atoms with E-state index in [1.165, 1.54) is 0 Å². The van der Waals surface area contributed by atoms with Crippen LogP contribution in [-0.4, -0.2) is 40.2 Å². The number of methoxy groups -OCH3 is 1. The summed E-state index contributed by atoms with van der Waals surface area (Å²) >= 11 is 1.56. The minimum atomic E-state index is -0.407. The summed E-state index contributed by atoms with van der Waals surface area (Å²) in [7, 11) is 1.63.